The molecule has 2 atom stereocenters. The van der Waals surface area contributed by atoms with E-state index >= 15 is 0 Å². The van der Waals surface area contributed by atoms with E-state index in [1.165, 1.54) is 24.3 Å². The number of nitro groups is 1. The van der Waals surface area contributed by atoms with Gasteiger partial charge < -0.3 is 10.2 Å². The average molecular weight is 315 g/mol. The van der Waals surface area contributed by atoms with Crippen molar-refractivity contribution in [2.45, 2.75) is 22.4 Å². The number of non-ortho nitro benzene ring substituents is 1. The molecule has 0 unspecified atom stereocenters. The number of nitrogens with zero attached hydrogens (tertiary/aromatic N) is 1. The summed E-state index contributed by atoms with van der Waals surface area (Å²) in [7, 11) is 0. The smallest absolute Gasteiger partial charge is 0.269 e. The highest BCUT2D eigenvalue weighted by Crippen LogP contribution is 2.34. The Kier molecular flexibility index (Phi) is 5.19. The Balaban J connectivity index is 2.73. The predicted octanol–water partition coefficient (Wildman–Crippen LogP) is 2.75. The van der Waals surface area contributed by atoms with Gasteiger partial charge in [0.05, 0.1) is 11.0 Å². The number of hydrogen-bond acceptors (Lipinski definition) is 4. The lowest BCUT2D eigenvalue weighted by Crippen LogP contribution is -2.27. The van der Waals surface area contributed by atoms with Crippen molar-refractivity contribution in [2.75, 3.05) is 0 Å². The van der Waals surface area contributed by atoms with Gasteiger partial charge in [0.15, 0.2) is 0 Å². The number of aliphatic hydroxyl groups is 2. The molecule has 1 rings (SSSR count). The summed E-state index contributed by atoms with van der Waals surface area (Å²) in [6.45, 7) is 0. The maximum absolute atomic E-state index is 10.4. The van der Waals surface area contributed by atoms with Crippen LogP contribution in [0.15, 0.2) is 24.3 Å². The van der Waals surface area contributed by atoms with Crippen molar-refractivity contribution in [3.8, 4) is 0 Å². The highest BCUT2D eigenvalue weighted by atomic mass is 35.6. The molecule has 100 valence electrons. The molecule has 0 saturated carbocycles. The monoisotopic (exact) mass is 313 g/mol. The molecule has 0 heterocycles. The first kappa shape index (κ1) is 15.5. The molecule has 0 bridgehead atoms. The molecule has 0 amide bonds. The van der Waals surface area contributed by atoms with Crippen molar-refractivity contribution in [3.63, 3.8) is 0 Å². The van der Waals surface area contributed by atoms with E-state index in [0.717, 1.165) is 0 Å². The third kappa shape index (κ3) is 4.26. The van der Waals surface area contributed by atoms with Gasteiger partial charge in [-0.25, -0.2) is 0 Å². The summed E-state index contributed by atoms with van der Waals surface area (Å²) in [4.78, 5) is 9.89. The Morgan fingerprint density at radius 3 is 2.11 bits per heavy atom. The van der Waals surface area contributed by atoms with Gasteiger partial charge in [0.25, 0.3) is 5.69 Å². The number of halogens is 3. The first-order valence-corrected chi connectivity index (χ1v) is 6.02. The van der Waals surface area contributed by atoms with Gasteiger partial charge in [-0.3, -0.25) is 10.1 Å². The van der Waals surface area contributed by atoms with Crippen molar-refractivity contribution in [3.05, 3.63) is 39.9 Å². The van der Waals surface area contributed by atoms with Crippen LogP contribution in [0.2, 0.25) is 0 Å². The molecule has 0 aliphatic heterocycles. The Hall–Kier alpha value is -0.590. The molecule has 0 aromatic heterocycles. The second-order valence-corrected chi connectivity index (χ2v) is 6.03. The van der Waals surface area contributed by atoms with Crippen LogP contribution in [0.25, 0.3) is 0 Å². The van der Waals surface area contributed by atoms with Crippen LogP contribution in [0, 0.1) is 10.1 Å². The molecule has 0 aliphatic rings. The van der Waals surface area contributed by atoms with Crippen LogP contribution in [-0.2, 0) is 0 Å². The second kappa shape index (κ2) is 6.04. The summed E-state index contributed by atoms with van der Waals surface area (Å²) in [6.07, 6.45) is -2.60. The fourth-order valence-corrected chi connectivity index (χ4v) is 1.57. The van der Waals surface area contributed by atoms with E-state index in [9.17, 15) is 20.3 Å². The zero-order chi connectivity index (χ0) is 13.9. The Morgan fingerprint density at radius 2 is 1.72 bits per heavy atom. The van der Waals surface area contributed by atoms with Gasteiger partial charge >= 0.3 is 0 Å². The first-order valence-electron chi connectivity index (χ1n) is 4.89. The molecule has 0 fully saturated rings. The van der Waals surface area contributed by atoms with E-state index in [0.29, 0.717) is 5.56 Å². The van der Waals surface area contributed by atoms with Crippen LogP contribution in [0.4, 0.5) is 5.69 Å². The molecular weight excluding hydrogens is 304 g/mol. The fourth-order valence-electron chi connectivity index (χ4n) is 1.30. The summed E-state index contributed by atoms with van der Waals surface area (Å²) < 4.78 is -1.89. The highest BCUT2D eigenvalue weighted by molar-refractivity contribution is 6.68. The maximum Gasteiger partial charge on any atom is 0.269 e. The molecule has 1 aromatic rings. The van der Waals surface area contributed by atoms with Crippen molar-refractivity contribution in [1.82, 2.24) is 0 Å². The minimum absolute atomic E-state index is 0.0899. The van der Waals surface area contributed by atoms with E-state index in [1.54, 1.807) is 0 Å². The zero-order valence-electron chi connectivity index (χ0n) is 8.96. The number of rotatable bonds is 4. The lowest BCUT2D eigenvalue weighted by molar-refractivity contribution is -0.384. The molecule has 8 heteroatoms. The van der Waals surface area contributed by atoms with Crippen LogP contribution < -0.4 is 0 Å². The van der Waals surface area contributed by atoms with Crippen LogP contribution in [0.3, 0.4) is 0 Å². The summed E-state index contributed by atoms with van der Waals surface area (Å²) in [5.41, 5.74) is 0.307. The van der Waals surface area contributed by atoms with Crippen LogP contribution in [0.5, 0.6) is 0 Å². The van der Waals surface area contributed by atoms with E-state index < -0.39 is 20.9 Å². The van der Waals surface area contributed by atoms with Gasteiger partial charge in [-0.05, 0) is 17.7 Å². The van der Waals surface area contributed by atoms with E-state index in [1.807, 2.05) is 0 Å². The molecule has 0 saturated heterocycles. The first-order chi connectivity index (χ1) is 8.21. The number of aliphatic hydroxyl groups excluding tert-OH is 2. The number of benzene rings is 1. The molecule has 2 N–H and O–H groups in total. The van der Waals surface area contributed by atoms with Gasteiger partial charge in [-0.2, -0.15) is 0 Å². The third-order valence-electron chi connectivity index (χ3n) is 2.31. The minimum atomic E-state index is -1.89. The van der Waals surface area contributed by atoms with Gasteiger partial charge in [-0.1, -0.05) is 34.8 Å². The second-order valence-electron chi connectivity index (χ2n) is 3.66. The largest absolute Gasteiger partial charge is 0.389 e. The van der Waals surface area contributed by atoms with Crippen LogP contribution in [-0.4, -0.2) is 25.0 Å². The fraction of sp³-hybridized carbons (Fsp3) is 0.400. The summed E-state index contributed by atoms with van der Waals surface area (Å²) in [5, 5.41) is 29.7. The van der Waals surface area contributed by atoms with E-state index in [4.69, 9.17) is 34.8 Å². The van der Waals surface area contributed by atoms with Crippen LogP contribution in [0.1, 0.15) is 18.1 Å². The Labute approximate surface area is 118 Å². The summed E-state index contributed by atoms with van der Waals surface area (Å²) in [5.74, 6) is 0. The predicted molar refractivity (Wildman–Crippen MR) is 69.0 cm³/mol. The molecule has 0 spiro atoms. The molecule has 0 aliphatic carbocycles. The number of alkyl halides is 3. The molecular formula is C10H10Cl3NO4. The lowest BCUT2D eigenvalue weighted by Gasteiger charge is -2.21. The minimum Gasteiger partial charge on any atom is -0.389 e. The highest BCUT2D eigenvalue weighted by Gasteiger charge is 2.32. The quantitative estimate of drug-likeness (QED) is 0.508. The van der Waals surface area contributed by atoms with Gasteiger partial charge in [-0.15, -0.1) is 0 Å². The standard InChI is InChI=1S/C10H10Cl3NO4/c11-10(12,13)9(16)5-8(15)6-1-3-7(4-2-6)14(17)18/h1-4,8-9,15-16H,5H2/t8-,9-/m0/s1. The topological polar surface area (TPSA) is 83.6 Å². The normalized spacial score (nSPS) is 15.2. The zero-order valence-corrected chi connectivity index (χ0v) is 11.2. The lowest BCUT2D eigenvalue weighted by atomic mass is 10.0. The van der Waals surface area contributed by atoms with Crippen LogP contribution >= 0.6 is 34.8 Å². The van der Waals surface area contributed by atoms with E-state index in [2.05, 4.69) is 0 Å². The molecule has 1 aromatic carbocycles. The van der Waals surface area contributed by atoms with Crippen molar-refractivity contribution in [1.29, 1.82) is 0 Å². The van der Waals surface area contributed by atoms with Crippen molar-refractivity contribution in [2.24, 2.45) is 0 Å². The van der Waals surface area contributed by atoms with Crippen molar-refractivity contribution >= 4 is 40.5 Å². The van der Waals surface area contributed by atoms with Crippen molar-refractivity contribution < 1.29 is 15.1 Å². The van der Waals surface area contributed by atoms with Gasteiger partial charge in [0.2, 0.25) is 3.79 Å². The van der Waals surface area contributed by atoms with Gasteiger partial charge in [0.1, 0.15) is 6.10 Å². The SMILES string of the molecule is O=[N+]([O-])c1ccc([C@@H](O)C[C@H](O)C(Cl)(Cl)Cl)cc1. The number of nitro benzene ring substituents is 1. The molecule has 0 radical (unpaired) electrons. The average Bonchev–Trinajstić information content (AvgIpc) is 2.27. The van der Waals surface area contributed by atoms with Gasteiger partial charge in [0, 0.05) is 18.6 Å². The summed E-state index contributed by atoms with van der Waals surface area (Å²) in [6, 6.07) is 5.27. The third-order valence-corrected chi connectivity index (χ3v) is 3.07. The summed E-state index contributed by atoms with van der Waals surface area (Å²) >= 11 is 16.4. The molecule has 18 heavy (non-hydrogen) atoms. The maximum atomic E-state index is 10.4. The Morgan fingerprint density at radius 1 is 1.22 bits per heavy atom. The van der Waals surface area contributed by atoms with E-state index in [-0.39, 0.29) is 12.1 Å². The molecule has 5 nitrogen and oxygen atoms in total. The Bertz CT molecular complexity index is 418. The number of hydrogen-bond donors (Lipinski definition) is 2.